The summed E-state index contributed by atoms with van der Waals surface area (Å²) >= 11 is 0. The number of piperidine rings is 1. The van der Waals surface area contributed by atoms with Crippen molar-refractivity contribution in [1.29, 1.82) is 0 Å². The molecule has 28 heavy (non-hydrogen) atoms. The minimum Gasteiger partial charge on any atom is -0.342 e. The second-order valence-corrected chi connectivity index (χ2v) is 10.9. The van der Waals surface area contributed by atoms with Crippen LogP contribution in [-0.2, 0) is 21.9 Å². The number of aromatic nitrogens is 2. The maximum Gasteiger partial charge on any atom is 0.262 e. The van der Waals surface area contributed by atoms with Crippen LogP contribution in [0.25, 0.3) is 0 Å². The molecular weight excluding hydrogens is 376 g/mol. The van der Waals surface area contributed by atoms with Crippen LogP contribution in [0.5, 0.6) is 0 Å². The highest BCUT2D eigenvalue weighted by molar-refractivity contribution is 7.89. The lowest BCUT2D eigenvalue weighted by atomic mass is 9.85. The zero-order chi connectivity index (χ0) is 19.9. The number of hydrogen-bond acceptors (Lipinski definition) is 4. The van der Waals surface area contributed by atoms with Gasteiger partial charge in [0.15, 0.2) is 5.03 Å². The number of sulfonamides is 1. The van der Waals surface area contributed by atoms with Gasteiger partial charge in [0, 0.05) is 45.3 Å². The van der Waals surface area contributed by atoms with Gasteiger partial charge in [-0.2, -0.15) is 4.31 Å². The summed E-state index contributed by atoms with van der Waals surface area (Å²) in [7, 11) is -0.121. The number of aryl methyl sites for hydroxylation is 1. The molecule has 0 N–H and O–H groups in total. The van der Waals surface area contributed by atoms with Crippen LogP contribution in [0.2, 0.25) is 0 Å². The number of rotatable bonds is 4. The van der Waals surface area contributed by atoms with E-state index in [0.717, 1.165) is 45.2 Å². The van der Waals surface area contributed by atoms with Gasteiger partial charge in [-0.3, -0.25) is 4.79 Å². The van der Waals surface area contributed by atoms with Gasteiger partial charge in [-0.25, -0.2) is 13.4 Å². The molecule has 3 fully saturated rings. The van der Waals surface area contributed by atoms with E-state index in [4.69, 9.17) is 0 Å². The Morgan fingerprint density at radius 1 is 1.14 bits per heavy atom. The van der Waals surface area contributed by atoms with Gasteiger partial charge >= 0.3 is 0 Å². The number of hydrogen-bond donors (Lipinski definition) is 0. The maximum absolute atomic E-state index is 12.9. The maximum atomic E-state index is 12.9. The molecule has 2 heterocycles. The zero-order valence-corrected chi connectivity index (χ0v) is 17.8. The van der Waals surface area contributed by atoms with Gasteiger partial charge in [0.1, 0.15) is 0 Å². The van der Waals surface area contributed by atoms with E-state index in [2.05, 4.69) is 9.88 Å². The molecule has 1 amide bonds. The predicted octanol–water partition coefficient (Wildman–Crippen LogP) is 2.25. The molecule has 3 atom stereocenters. The molecule has 0 aromatic carbocycles. The number of likely N-dealkylation sites (tertiary alicyclic amines) is 1. The molecule has 0 spiro atoms. The summed E-state index contributed by atoms with van der Waals surface area (Å²) in [4.78, 5) is 19.0. The van der Waals surface area contributed by atoms with Crippen LogP contribution in [0.1, 0.15) is 51.4 Å². The molecule has 1 saturated heterocycles. The third kappa shape index (κ3) is 3.73. The summed E-state index contributed by atoms with van der Waals surface area (Å²) < 4.78 is 29.0. The smallest absolute Gasteiger partial charge is 0.262 e. The SMILES string of the molecule is CN([C@H]1C[C@H]2CCN(C(=O)C3CCCCC3)C[C@H]2C1)S(=O)(=O)c1cn(C)cn1. The first-order valence-electron chi connectivity index (χ1n) is 10.6. The van der Waals surface area contributed by atoms with E-state index >= 15 is 0 Å². The van der Waals surface area contributed by atoms with Gasteiger partial charge in [0.05, 0.1) is 6.33 Å². The largest absolute Gasteiger partial charge is 0.342 e. The number of nitrogens with zero attached hydrogens (tertiary/aromatic N) is 4. The lowest BCUT2D eigenvalue weighted by Crippen LogP contribution is -2.45. The van der Waals surface area contributed by atoms with Crippen molar-refractivity contribution in [2.24, 2.45) is 24.8 Å². The second-order valence-electron chi connectivity index (χ2n) is 8.95. The summed E-state index contributed by atoms with van der Waals surface area (Å²) in [5.74, 6) is 1.49. The van der Waals surface area contributed by atoms with Gasteiger partial charge in [0.2, 0.25) is 5.91 Å². The highest BCUT2D eigenvalue weighted by atomic mass is 32.2. The van der Waals surface area contributed by atoms with E-state index in [-0.39, 0.29) is 17.0 Å². The first-order valence-corrected chi connectivity index (χ1v) is 12.0. The monoisotopic (exact) mass is 408 g/mol. The summed E-state index contributed by atoms with van der Waals surface area (Å²) in [6, 6.07) is -0.00765. The van der Waals surface area contributed by atoms with Crippen molar-refractivity contribution < 1.29 is 13.2 Å². The second kappa shape index (κ2) is 7.78. The first-order chi connectivity index (χ1) is 13.4. The number of fused-ring (bicyclic) bond motifs is 1. The van der Waals surface area contributed by atoms with Crippen LogP contribution in [0.3, 0.4) is 0 Å². The van der Waals surface area contributed by atoms with Crippen LogP contribution in [0, 0.1) is 17.8 Å². The molecule has 1 aromatic heterocycles. The van der Waals surface area contributed by atoms with E-state index in [0.29, 0.717) is 17.7 Å². The summed E-state index contributed by atoms with van der Waals surface area (Å²) in [5, 5.41) is 0.112. The van der Waals surface area contributed by atoms with Crippen molar-refractivity contribution in [3.05, 3.63) is 12.5 Å². The fourth-order valence-electron chi connectivity index (χ4n) is 5.42. The molecule has 3 aliphatic rings. The van der Waals surface area contributed by atoms with Crippen LogP contribution in [0.15, 0.2) is 17.6 Å². The van der Waals surface area contributed by atoms with Gasteiger partial charge in [-0.1, -0.05) is 19.3 Å². The third-order valence-electron chi connectivity index (χ3n) is 7.15. The van der Waals surface area contributed by atoms with E-state index < -0.39 is 10.0 Å². The Kier molecular flexibility index (Phi) is 5.53. The summed E-state index contributed by atoms with van der Waals surface area (Å²) in [6.45, 7) is 1.63. The summed E-state index contributed by atoms with van der Waals surface area (Å²) in [6.07, 6.45) is 11.5. The van der Waals surface area contributed by atoms with Crippen LogP contribution in [0.4, 0.5) is 0 Å². The molecule has 0 bridgehead atoms. The first kappa shape index (κ1) is 19.9. The Hall–Kier alpha value is -1.41. The minimum atomic E-state index is -3.57. The molecule has 2 saturated carbocycles. The van der Waals surface area contributed by atoms with E-state index in [1.165, 1.54) is 29.9 Å². The van der Waals surface area contributed by atoms with Crippen molar-refractivity contribution in [2.75, 3.05) is 20.1 Å². The number of carbonyl (C=O) groups is 1. The third-order valence-corrected chi connectivity index (χ3v) is 8.94. The number of amides is 1. The van der Waals surface area contributed by atoms with Crippen molar-refractivity contribution >= 4 is 15.9 Å². The zero-order valence-electron chi connectivity index (χ0n) is 17.0. The summed E-state index contributed by atoms with van der Waals surface area (Å²) in [5.41, 5.74) is 0. The normalized spacial score (nSPS) is 29.2. The van der Waals surface area contributed by atoms with Crippen LogP contribution >= 0.6 is 0 Å². The van der Waals surface area contributed by atoms with Crippen molar-refractivity contribution in [2.45, 2.75) is 62.4 Å². The number of carbonyl (C=O) groups excluding carboxylic acids is 1. The molecule has 8 heteroatoms. The Labute approximate surface area is 168 Å². The standard InChI is InChI=1S/C20H32N4O3S/c1-22-13-19(21-14-22)28(26,27)23(2)18-10-16-8-9-24(12-17(16)11-18)20(25)15-6-4-3-5-7-15/h13-18H,3-12H2,1-2H3/t16-,17-,18+/m1/s1. The lowest BCUT2D eigenvalue weighted by Gasteiger charge is -2.37. The minimum absolute atomic E-state index is 0.00765. The Balaban J connectivity index is 1.40. The van der Waals surface area contributed by atoms with Crippen molar-refractivity contribution in [1.82, 2.24) is 18.8 Å². The van der Waals surface area contributed by atoms with Crippen LogP contribution in [-0.4, -0.2) is 59.3 Å². The molecule has 4 rings (SSSR count). The molecule has 7 nitrogen and oxygen atoms in total. The van der Waals surface area contributed by atoms with Gasteiger partial charge in [-0.15, -0.1) is 0 Å². The predicted molar refractivity (Wildman–Crippen MR) is 106 cm³/mol. The Bertz CT molecular complexity index is 815. The van der Waals surface area contributed by atoms with E-state index in [1.54, 1.807) is 24.9 Å². The van der Waals surface area contributed by atoms with Gasteiger partial charge in [-0.05, 0) is 43.9 Å². The molecular formula is C20H32N4O3S. The lowest BCUT2D eigenvalue weighted by molar-refractivity contribution is -0.139. The topological polar surface area (TPSA) is 75.5 Å². The highest BCUT2D eigenvalue weighted by Gasteiger charge is 2.44. The average Bonchev–Trinajstić information content (AvgIpc) is 3.33. The fraction of sp³-hybridized carbons (Fsp3) is 0.800. The molecule has 1 aromatic rings. The van der Waals surface area contributed by atoms with Crippen molar-refractivity contribution in [3.63, 3.8) is 0 Å². The molecule has 1 aliphatic heterocycles. The van der Waals surface area contributed by atoms with Crippen molar-refractivity contribution in [3.8, 4) is 0 Å². The molecule has 156 valence electrons. The molecule has 2 aliphatic carbocycles. The average molecular weight is 409 g/mol. The molecule has 0 radical (unpaired) electrons. The van der Waals surface area contributed by atoms with Crippen LogP contribution < -0.4 is 0 Å². The van der Waals surface area contributed by atoms with Gasteiger partial charge in [0.25, 0.3) is 10.0 Å². The Morgan fingerprint density at radius 3 is 2.54 bits per heavy atom. The fourth-order valence-corrected chi connectivity index (χ4v) is 6.76. The quantitative estimate of drug-likeness (QED) is 0.766. The highest BCUT2D eigenvalue weighted by Crippen LogP contribution is 2.41. The van der Waals surface area contributed by atoms with Gasteiger partial charge < -0.3 is 9.47 Å². The molecule has 0 unspecified atom stereocenters. The number of imidazole rings is 1. The Morgan fingerprint density at radius 2 is 1.86 bits per heavy atom. The van der Waals surface area contributed by atoms with E-state index in [9.17, 15) is 13.2 Å². The van der Waals surface area contributed by atoms with E-state index in [1.807, 2.05) is 0 Å².